The van der Waals surface area contributed by atoms with Gasteiger partial charge in [-0.15, -0.1) is 0 Å². The van der Waals surface area contributed by atoms with Crippen LogP contribution >= 0.6 is 15.6 Å². The molecule has 0 saturated carbocycles. The molecule has 2 unspecified atom stereocenters. The fourth-order valence-electron chi connectivity index (χ4n) is 10.8. The monoisotopic (exact) mass is 1320 g/mol. The van der Waals surface area contributed by atoms with E-state index in [9.17, 15) is 43.2 Å². The Morgan fingerprint density at radius 2 is 0.511 bits per heavy atom. The molecule has 17 nitrogen and oxygen atoms in total. The van der Waals surface area contributed by atoms with Crippen molar-refractivity contribution in [1.29, 1.82) is 0 Å². The van der Waals surface area contributed by atoms with Crippen molar-refractivity contribution in [2.75, 3.05) is 39.6 Å². The van der Waals surface area contributed by atoms with Crippen LogP contribution in [0.1, 0.15) is 369 Å². The Labute approximate surface area is 549 Å². The number of ether oxygens (including phenoxy) is 4. The summed E-state index contributed by atoms with van der Waals surface area (Å²) >= 11 is 0. The van der Waals surface area contributed by atoms with Crippen LogP contribution < -0.4 is 0 Å². The van der Waals surface area contributed by atoms with E-state index in [0.29, 0.717) is 25.7 Å². The van der Waals surface area contributed by atoms with Crippen molar-refractivity contribution < 1.29 is 80.2 Å². The molecule has 0 aromatic carbocycles. The summed E-state index contributed by atoms with van der Waals surface area (Å²) in [5.74, 6) is -1.31. The third-order valence-electron chi connectivity index (χ3n) is 16.5. The molecule has 0 rings (SSSR count). The summed E-state index contributed by atoms with van der Waals surface area (Å²) in [6, 6.07) is 0. The molecule has 90 heavy (non-hydrogen) atoms. The standard InChI is InChI=1S/C71H138O17P2/c1-6-9-12-15-18-20-22-31-35-40-45-50-55-69(74)82-61-67(88-71(76)57-52-47-42-37-33-29-27-25-24-26-28-30-34-39-43-48-53-64(4)5)63-86-90(79,80)84-59-65(72)58-83-89(77,78)85-62-66(60-81-68(73)54-49-44-38-17-14-11-8-3)87-70(75)56-51-46-41-36-32-23-21-19-16-13-10-7-2/h64-67,72H,6-63H2,1-5H3,(H,77,78)(H,79,80)/t65-,66+,67+/m0/s1. The highest BCUT2D eigenvalue weighted by Crippen LogP contribution is 2.45. The average Bonchev–Trinajstić information content (AvgIpc) is 3.27. The molecule has 0 radical (unpaired) electrons. The maximum atomic E-state index is 13.0. The molecule has 0 bridgehead atoms. The predicted octanol–water partition coefficient (Wildman–Crippen LogP) is 20.5. The van der Waals surface area contributed by atoms with Crippen LogP contribution in [0.4, 0.5) is 0 Å². The first-order valence-corrected chi connectivity index (χ1v) is 40.1. The van der Waals surface area contributed by atoms with Gasteiger partial charge in [-0.05, 0) is 31.6 Å². The largest absolute Gasteiger partial charge is 0.472 e. The first-order valence-electron chi connectivity index (χ1n) is 37.1. The second-order valence-electron chi connectivity index (χ2n) is 26.1. The number of phosphoric ester groups is 2. The molecule has 19 heteroatoms. The van der Waals surface area contributed by atoms with Gasteiger partial charge in [0, 0.05) is 25.7 Å². The van der Waals surface area contributed by atoms with E-state index in [2.05, 4.69) is 34.6 Å². The van der Waals surface area contributed by atoms with Crippen molar-refractivity contribution >= 4 is 39.5 Å². The highest BCUT2D eigenvalue weighted by atomic mass is 31.2. The molecule has 0 saturated heterocycles. The van der Waals surface area contributed by atoms with Crippen LogP contribution in [0.3, 0.4) is 0 Å². The lowest BCUT2D eigenvalue weighted by Gasteiger charge is -2.21. The van der Waals surface area contributed by atoms with Gasteiger partial charge in [-0.3, -0.25) is 37.3 Å². The number of aliphatic hydroxyl groups is 1. The summed E-state index contributed by atoms with van der Waals surface area (Å²) in [5, 5.41) is 10.6. The van der Waals surface area contributed by atoms with Gasteiger partial charge in [0.25, 0.3) is 0 Å². The van der Waals surface area contributed by atoms with E-state index < -0.39 is 97.5 Å². The van der Waals surface area contributed by atoms with E-state index in [1.54, 1.807) is 0 Å². The zero-order valence-corrected chi connectivity index (χ0v) is 60.1. The number of aliphatic hydroxyl groups excluding tert-OH is 1. The minimum Gasteiger partial charge on any atom is -0.462 e. The lowest BCUT2D eigenvalue weighted by Crippen LogP contribution is -2.30. The second-order valence-corrected chi connectivity index (χ2v) is 29.0. The Morgan fingerprint density at radius 3 is 0.756 bits per heavy atom. The van der Waals surface area contributed by atoms with Gasteiger partial charge >= 0.3 is 39.5 Å². The Balaban J connectivity index is 5.17. The van der Waals surface area contributed by atoms with Crippen molar-refractivity contribution in [3.8, 4) is 0 Å². The van der Waals surface area contributed by atoms with E-state index in [-0.39, 0.29) is 25.7 Å². The van der Waals surface area contributed by atoms with Crippen molar-refractivity contribution in [2.45, 2.75) is 387 Å². The summed E-state index contributed by atoms with van der Waals surface area (Å²) in [6.45, 7) is 7.25. The molecule has 0 amide bonds. The molecular weight excluding hydrogens is 1190 g/mol. The van der Waals surface area contributed by atoms with E-state index >= 15 is 0 Å². The average molecular weight is 1330 g/mol. The zero-order chi connectivity index (χ0) is 66.3. The summed E-state index contributed by atoms with van der Waals surface area (Å²) < 4.78 is 68.2. The number of carbonyl (C=O) groups excluding carboxylic acids is 4. The summed E-state index contributed by atoms with van der Waals surface area (Å²) in [5.41, 5.74) is 0. The molecule has 0 aromatic rings. The molecule has 5 atom stereocenters. The third-order valence-corrected chi connectivity index (χ3v) is 18.4. The first kappa shape index (κ1) is 88.1. The number of phosphoric acid groups is 2. The lowest BCUT2D eigenvalue weighted by atomic mass is 10.0. The fraction of sp³-hybridized carbons (Fsp3) is 0.944. The first-order chi connectivity index (χ1) is 43.5. The fourth-order valence-corrected chi connectivity index (χ4v) is 12.4. The number of hydrogen-bond acceptors (Lipinski definition) is 15. The van der Waals surface area contributed by atoms with Gasteiger partial charge in [-0.1, -0.05) is 317 Å². The Morgan fingerprint density at radius 1 is 0.300 bits per heavy atom. The third kappa shape index (κ3) is 64.8. The zero-order valence-electron chi connectivity index (χ0n) is 58.3. The van der Waals surface area contributed by atoms with Crippen molar-refractivity contribution in [3.05, 3.63) is 0 Å². The van der Waals surface area contributed by atoms with E-state index in [0.717, 1.165) is 109 Å². The van der Waals surface area contributed by atoms with E-state index in [1.807, 2.05) is 0 Å². The number of rotatable bonds is 71. The van der Waals surface area contributed by atoms with Gasteiger partial charge in [-0.2, -0.15) is 0 Å². The maximum absolute atomic E-state index is 13.0. The molecule has 0 fully saturated rings. The normalized spacial score (nSPS) is 14.1. The highest BCUT2D eigenvalue weighted by molar-refractivity contribution is 7.47. The maximum Gasteiger partial charge on any atom is 0.472 e. The van der Waals surface area contributed by atoms with E-state index in [4.69, 9.17) is 37.0 Å². The van der Waals surface area contributed by atoms with Gasteiger partial charge in [0.2, 0.25) is 0 Å². The van der Waals surface area contributed by atoms with Crippen LogP contribution in [0.2, 0.25) is 0 Å². The smallest absolute Gasteiger partial charge is 0.462 e. The lowest BCUT2D eigenvalue weighted by molar-refractivity contribution is -0.161. The van der Waals surface area contributed by atoms with Crippen LogP contribution in [-0.2, 0) is 65.4 Å². The van der Waals surface area contributed by atoms with Gasteiger partial charge in [-0.25, -0.2) is 9.13 Å². The topological polar surface area (TPSA) is 237 Å². The molecule has 0 aromatic heterocycles. The van der Waals surface area contributed by atoms with Crippen molar-refractivity contribution in [1.82, 2.24) is 0 Å². The molecule has 0 heterocycles. The Bertz CT molecular complexity index is 1740. The predicted molar refractivity (Wildman–Crippen MR) is 363 cm³/mol. The van der Waals surface area contributed by atoms with E-state index in [1.165, 1.54) is 180 Å². The minimum atomic E-state index is -4.95. The molecule has 0 aliphatic rings. The molecule has 0 aliphatic carbocycles. The number of unbranched alkanes of at least 4 members (excludes halogenated alkanes) is 43. The van der Waals surface area contributed by atoms with Crippen LogP contribution in [0.5, 0.6) is 0 Å². The number of esters is 4. The second kappa shape index (κ2) is 64.4. The van der Waals surface area contributed by atoms with Gasteiger partial charge in [0.1, 0.15) is 19.3 Å². The molecule has 3 N–H and O–H groups in total. The van der Waals surface area contributed by atoms with Crippen LogP contribution in [0.25, 0.3) is 0 Å². The molecule has 0 aliphatic heterocycles. The van der Waals surface area contributed by atoms with Crippen LogP contribution in [0, 0.1) is 5.92 Å². The Kier molecular flexibility index (Phi) is 63.0. The molecule has 534 valence electrons. The highest BCUT2D eigenvalue weighted by Gasteiger charge is 2.30. The quantitative estimate of drug-likeness (QED) is 0.0222. The van der Waals surface area contributed by atoms with Crippen LogP contribution in [-0.4, -0.2) is 96.7 Å². The minimum absolute atomic E-state index is 0.107. The summed E-state index contributed by atoms with van der Waals surface area (Å²) in [6.07, 6.45) is 51.4. The SMILES string of the molecule is CCCCCCCCCCCCCCC(=O)OC[C@H](COP(=O)(O)OC[C@@H](O)COP(=O)(O)OC[C@@H](COC(=O)CCCCCCCCC)OC(=O)CCCCCCCCCCCCCC)OC(=O)CCCCCCCCCCCCCCCCCCC(C)C. The molecule has 0 spiro atoms. The summed E-state index contributed by atoms with van der Waals surface area (Å²) in [7, 11) is -9.89. The number of carbonyl (C=O) groups is 4. The molecular formula is C71H138O17P2. The van der Waals surface area contributed by atoms with Gasteiger partial charge in [0.15, 0.2) is 12.2 Å². The summed E-state index contributed by atoms with van der Waals surface area (Å²) in [4.78, 5) is 72.4. The van der Waals surface area contributed by atoms with Gasteiger partial charge < -0.3 is 33.8 Å². The van der Waals surface area contributed by atoms with Gasteiger partial charge in [0.05, 0.1) is 26.4 Å². The number of hydrogen-bond donors (Lipinski definition) is 3. The van der Waals surface area contributed by atoms with Crippen molar-refractivity contribution in [2.24, 2.45) is 5.92 Å². The Hall–Kier alpha value is -1.94. The van der Waals surface area contributed by atoms with Crippen LogP contribution in [0.15, 0.2) is 0 Å². The van der Waals surface area contributed by atoms with Crippen molar-refractivity contribution in [3.63, 3.8) is 0 Å².